The Balaban J connectivity index is 1.90. The summed E-state index contributed by atoms with van der Waals surface area (Å²) in [5, 5.41) is 13.1. The molecular formula is C17H13FN2O2. The molecule has 0 unspecified atom stereocenters. The van der Waals surface area contributed by atoms with Gasteiger partial charge in [-0.1, -0.05) is 24.3 Å². The first-order valence-corrected chi connectivity index (χ1v) is 6.74. The quantitative estimate of drug-likeness (QED) is 0.770. The van der Waals surface area contributed by atoms with Crippen LogP contribution in [0.3, 0.4) is 0 Å². The number of hydrogen-bond donors (Lipinski definition) is 2. The molecule has 0 fully saturated rings. The molecule has 2 aromatic carbocycles. The molecule has 3 aromatic rings. The fourth-order valence-electron chi connectivity index (χ4n) is 2.29. The van der Waals surface area contributed by atoms with Crippen LogP contribution in [0.2, 0.25) is 0 Å². The van der Waals surface area contributed by atoms with Gasteiger partial charge in [-0.25, -0.2) is 9.37 Å². The van der Waals surface area contributed by atoms with E-state index in [1.807, 2.05) is 0 Å². The number of carbonyl (C=O) groups is 1. The summed E-state index contributed by atoms with van der Waals surface area (Å²) in [5.74, 6) is -0.602. The number of benzene rings is 2. The maximum absolute atomic E-state index is 13.8. The molecule has 110 valence electrons. The van der Waals surface area contributed by atoms with Crippen LogP contribution in [-0.4, -0.2) is 16.1 Å². The van der Waals surface area contributed by atoms with Crippen molar-refractivity contribution in [2.75, 3.05) is 5.32 Å². The van der Waals surface area contributed by atoms with Crippen LogP contribution in [0.4, 0.5) is 15.9 Å². The number of rotatable bonds is 4. The summed E-state index contributed by atoms with van der Waals surface area (Å²) in [7, 11) is 0. The van der Waals surface area contributed by atoms with Gasteiger partial charge in [0.25, 0.3) is 0 Å². The number of pyridine rings is 1. The molecule has 0 saturated heterocycles. The van der Waals surface area contributed by atoms with Crippen LogP contribution >= 0.6 is 0 Å². The second-order valence-electron chi connectivity index (χ2n) is 4.89. The lowest BCUT2D eigenvalue weighted by atomic mass is 10.1. The standard InChI is InChI=1S/C17H13FN2O2/c18-15-3-1-2-14-13(15)8-9-19-17(14)20-12-6-4-11(5-7-12)10-16(21)22/h1-9H,10H2,(H,19,20)(H,21,22). The van der Waals surface area contributed by atoms with E-state index in [0.29, 0.717) is 16.6 Å². The van der Waals surface area contributed by atoms with Gasteiger partial charge in [-0.3, -0.25) is 4.79 Å². The van der Waals surface area contributed by atoms with Crippen molar-refractivity contribution in [1.29, 1.82) is 0 Å². The van der Waals surface area contributed by atoms with Gasteiger partial charge in [0, 0.05) is 22.7 Å². The Kier molecular flexibility index (Phi) is 3.70. The van der Waals surface area contributed by atoms with Crippen molar-refractivity contribution in [2.24, 2.45) is 0 Å². The van der Waals surface area contributed by atoms with Crippen LogP contribution < -0.4 is 5.32 Å². The Morgan fingerprint density at radius 2 is 1.86 bits per heavy atom. The highest BCUT2D eigenvalue weighted by Crippen LogP contribution is 2.26. The smallest absolute Gasteiger partial charge is 0.307 e. The molecule has 0 atom stereocenters. The highest BCUT2D eigenvalue weighted by Gasteiger charge is 2.06. The first kappa shape index (κ1) is 14.0. The SMILES string of the molecule is O=C(O)Cc1ccc(Nc2nccc3c(F)cccc23)cc1. The van der Waals surface area contributed by atoms with E-state index in [1.165, 1.54) is 6.07 Å². The van der Waals surface area contributed by atoms with Crippen molar-refractivity contribution >= 4 is 28.2 Å². The predicted octanol–water partition coefficient (Wildman–Crippen LogP) is 3.74. The van der Waals surface area contributed by atoms with Crippen LogP contribution in [-0.2, 0) is 11.2 Å². The number of fused-ring (bicyclic) bond motifs is 1. The van der Waals surface area contributed by atoms with Gasteiger partial charge >= 0.3 is 5.97 Å². The Morgan fingerprint density at radius 1 is 1.09 bits per heavy atom. The van der Waals surface area contributed by atoms with E-state index in [-0.39, 0.29) is 12.2 Å². The van der Waals surface area contributed by atoms with Crippen molar-refractivity contribution in [3.63, 3.8) is 0 Å². The number of carboxylic acid groups (broad SMARTS) is 1. The van der Waals surface area contributed by atoms with Gasteiger partial charge in [-0.05, 0) is 29.8 Å². The lowest BCUT2D eigenvalue weighted by molar-refractivity contribution is -0.136. The average Bonchev–Trinajstić information content (AvgIpc) is 2.50. The second kappa shape index (κ2) is 5.81. The molecule has 0 aliphatic rings. The molecule has 3 rings (SSSR count). The lowest BCUT2D eigenvalue weighted by Crippen LogP contribution is -2.00. The number of nitrogens with zero attached hydrogens (tertiary/aromatic N) is 1. The maximum Gasteiger partial charge on any atom is 0.307 e. The molecule has 1 heterocycles. The number of anilines is 2. The number of hydrogen-bond acceptors (Lipinski definition) is 3. The van der Waals surface area contributed by atoms with Crippen LogP contribution in [0.15, 0.2) is 54.7 Å². The van der Waals surface area contributed by atoms with Gasteiger partial charge in [-0.15, -0.1) is 0 Å². The van der Waals surface area contributed by atoms with Crippen LogP contribution in [0.25, 0.3) is 10.8 Å². The fourth-order valence-corrected chi connectivity index (χ4v) is 2.29. The van der Waals surface area contributed by atoms with Crippen molar-refractivity contribution in [3.05, 3.63) is 66.1 Å². The molecular weight excluding hydrogens is 283 g/mol. The first-order chi connectivity index (χ1) is 10.6. The summed E-state index contributed by atoms with van der Waals surface area (Å²) in [6.07, 6.45) is 1.53. The van der Waals surface area contributed by atoms with E-state index in [9.17, 15) is 9.18 Å². The summed E-state index contributed by atoms with van der Waals surface area (Å²) in [6.45, 7) is 0. The highest BCUT2D eigenvalue weighted by molar-refractivity contribution is 5.93. The molecule has 22 heavy (non-hydrogen) atoms. The first-order valence-electron chi connectivity index (χ1n) is 6.74. The Bertz CT molecular complexity index is 832. The van der Waals surface area contributed by atoms with Crippen LogP contribution in [0.1, 0.15) is 5.56 Å². The zero-order valence-electron chi connectivity index (χ0n) is 11.6. The summed E-state index contributed by atoms with van der Waals surface area (Å²) >= 11 is 0. The number of halogens is 1. The lowest BCUT2D eigenvalue weighted by Gasteiger charge is -2.09. The predicted molar refractivity (Wildman–Crippen MR) is 82.8 cm³/mol. The van der Waals surface area contributed by atoms with Crippen molar-refractivity contribution in [2.45, 2.75) is 6.42 Å². The molecule has 4 nitrogen and oxygen atoms in total. The normalized spacial score (nSPS) is 10.6. The van der Waals surface area contributed by atoms with E-state index >= 15 is 0 Å². The summed E-state index contributed by atoms with van der Waals surface area (Å²) in [5.41, 5.74) is 1.48. The van der Waals surface area contributed by atoms with E-state index in [0.717, 1.165) is 11.3 Å². The third-order valence-corrected chi connectivity index (χ3v) is 3.32. The summed E-state index contributed by atoms with van der Waals surface area (Å²) in [6, 6.07) is 13.5. The van der Waals surface area contributed by atoms with Crippen LogP contribution in [0, 0.1) is 5.82 Å². The minimum absolute atomic E-state index is 0.0159. The molecule has 1 aromatic heterocycles. The summed E-state index contributed by atoms with van der Waals surface area (Å²) < 4.78 is 13.8. The second-order valence-corrected chi connectivity index (χ2v) is 4.89. The molecule has 0 saturated carbocycles. The Hall–Kier alpha value is -2.95. The minimum Gasteiger partial charge on any atom is -0.481 e. The van der Waals surface area contributed by atoms with E-state index < -0.39 is 5.97 Å². The molecule has 0 aliphatic carbocycles. The molecule has 0 bridgehead atoms. The van der Waals surface area contributed by atoms with Crippen molar-refractivity contribution in [1.82, 2.24) is 4.98 Å². The van der Waals surface area contributed by atoms with E-state index in [1.54, 1.807) is 48.7 Å². The zero-order valence-corrected chi connectivity index (χ0v) is 11.6. The van der Waals surface area contributed by atoms with E-state index in [4.69, 9.17) is 5.11 Å². The van der Waals surface area contributed by atoms with Gasteiger partial charge < -0.3 is 10.4 Å². The number of carboxylic acids is 1. The monoisotopic (exact) mass is 296 g/mol. The molecule has 2 N–H and O–H groups in total. The largest absolute Gasteiger partial charge is 0.481 e. The minimum atomic E-state index is -0.869. The number of aromatic nitrogens is 1. The van der Waals surface area contributed by atoms with Crippen molar-refractivity contribution in [3.8, 4) is 0 Å². The molecule has 0 amide bonds. The van der Waals surface area contributed by atoms with Gasteiger partial charge in [-0.2, -0.15) is 0 Å². The van der Waals surface area contributed by atoms with Gasteiger partial charge in [0.1, 0.15) is 11.6 Å². The highest BCUT2D eigenvalue weighted by atomic mass is 19.1. The molecule has 5 heteroatoms. The molecule has 0 aliphatic heterocycles. The average molecular weight is 296 g/mol. The number of nitrogens with one attached hydrogen (secondary N) is 1. The molecule has 0 radical (unpaired) electrons. The zero-order chi connectivity index (χ0) is 15.5. The van der Waals surface area contributed by atoms with Gasteiger partial charge in [0.05, 0.1) is 6.42 Å². The Labute approximate surface area is 126 Å². The Morgan fingerprint density at radius 3 is 2.59 bits per heavy atom. The van der Waals surface area contributed by atoms with E-state index in [2.05, 4.69) is 10.3 Å². The number of aliphatic carboxylic acids is 1. The van der Waals surface area contributed by atoms with Gasteiger partial charge in [0.2, 0.25) is 0 Å². The maximum atomic E-state index is 13.8. The topological polar surface area (TPSA) is 62.2 Å². The van der Waals surface area contributed by atoms with Crippen LogP contribution in [0.5, 0.6) is 0 Å². The molecule has 0 spiro atoms. The van der Waals surface area contributed by atoms with Gasteiger partial charge in [0.15, 0.2) is 0 Å². The van der Waals surface area contributed by atoms with Crippen molar-refractivity contribution < 1.29 is 14.3 Å². The third kappa shape index (κ3) is 2.88. The third-order valence-electron chi connectivity index (χ3n) is 3.32. The fraction of sp³-hybridized carbons (Fsp3) is 0.0588. The summed E-state index contributed by atoms with van der Waals surface area (Å²) in [4.78, 5) is 14.9.